The van der Waals surface area contributed by atoms with E-state index in [9.17, 15) is 8.78 Å². The quantitative estimate of drug-likeness (QED) is 0.504. The Labute approximate surface area is 44.9 Å². The third-order valence-corrected chi connectivity index (χ3v) is 0.696. The molecule has 0 aromatic carbocycles. The molecule has 0 saturated heterocycles. The van der Waals surface area contributed by atoms with Crippen LogP contribution >= 0.6 is 0 Å². The van der Waals surface area contributed by atoms with Crippen LogP contribution in [-0.4, -0.2) is 0 Å². The van der Waals surface area contributed by atoms with Crippen molar-refractivity contribution in [3.8, 4) is 0 Å². The van der Waals surface area contributed by atoms with Crippen molar-refractivity contribution in [2.75, 3.05) is 0 Å². The van der Waals surface area contributed by atoms with Crippen molar-refractivity contribution in [1.29, 1.82) is 0 Å². The number of hydrogen-bond donors (Lipinski definition) is 0. The lowest BCUT2D eigenvalue weighted by molar-refractivity contribution is 0.321. The van der Waals surface area contributed by atoms with Crippen molar-refractivity contribution in [1.82, 2.24) is 0 Å². The molecule has 1 radical (unpaired) electrons. The second kappa shape index (κ2) is 1.58. The molecular weight excluding hydrogens is 114 g/mol. The van der Waals surface area contributed by atoms with Crippen LogP contribution in [0.2, 0.25) is 0 Å². The predicted octanol–water partition coefficient (Wildman–Crippen LogP) is 1.74. The molecule has 1 aromatic rings. The second-order valence-corrected chi connectivity index (χ2v) is 1.33. The van der Waals surface area contributed by atoms with Crippen molar-refractivity contribution in [3.05, 3.63) is 30.6 Å². The van der Waals surface area contributed by atoms with Gasteiger partial charge in [0.05, 0.1) is 0 Å². The van der Waals surface area contributed by atoms with Gasteiger partial charge in [0.15, 0.2) is 5.82 Å². The maximum Gasteiger partial charge on any atom is 0.314 e. The summed E-state index contributed by atoms with van der Waals surface area (Å²) >= 11 is 0. The SMILES string of the molecule is [CH2]c1cc(F)c(F)o1. The van der Waals surface area contributed by atoms with Gasteiger partial charge in [-0.1, -0.05) is 0 Å². The molecule has 0 spiro atoms. The number of furan rings is 1. The molecule has 0 fully saturated rings. The Kier molecular flexibility index (Phi) is 1.04. The molecule has 3 heteroatoms. The monoisotopic (exact) mass is 117 g/mol. The normalized spacial score (nSPS) is 9.88. The van der Waals surface area contributed by atoms with Crippen LogP contribution in [0.3, 0.4) is 0 Å². The van der Waals surface area contributed by atoms with Gasteiger partial charge in [0.2, 0.25) is 0 Å². The first-order chi connectivity index (χ1) is 3.70. The molecule has 0 aliphatic carbocycles. The average molecular weight is 117 g/mol. The van der Waals surface area contributed by atoms with Crippen LogP contribution in [0, 0.1) is 18.8 Å². The summed E-state index contributed by atoms with van der Waals surface area (Å²) in [4.78, 5) is 0. The number of hydrogen-bond acceptors (Lipinski definition) is 1. The van der Waals surface area contributed by atoms with Gasteiger partial charge in [0.1, 0.15) is 5.76 Å². The summed E-state index contributed by atoms with van der Waals surface area (Å²) in [7, 11) is 0. The third-order valence-electron chi connectivity index (χ3n) is 0.696. The molecule has 0 unspecified atom stereocenters. The van der Waals surface area contributed by atoms with Crippen LogP contribution in [0.1, 0.15) is 5.76 Å². The number of halogens is 2. The van der Waals surface area contributed by atoms with Gasteiger partial charge < -0.3 is 4.42 Å². The van der Waals surface area contributed by atoms with E-state index in [0.29, 0.717) is 0 Å². The lowest BCUT2D eigenvalue weighted by Crippen LogP contribution is -1.66. The predicted molar refractivity (Wildman–Crippen MR) is 23.1 cm³/mol. The van der Waals surface area contributed by atoms with E-state index in [1.54, 1.807) is 0 Å². The van der Waals surface area contributed by atoms with E-state index in [-0.39, 0.29) is 5.76 Å². The first-order valence-corrected chi connectivity index (χ1v) is 1.97. The van der Waals surface area contributed by atoms with Crippen LogP contribution in [0.5, 0.6) is 0 Å². The molecule has 0 N–H and O–H groups in total. The molecule has 0 bridgehead atoms. The molecule has 0 atom stereocenters. The molecule has 1 nitrogen and oxygen atoms in total. The largest absolute Gasteiger partial charge is 0.434 e. The summed E-state index contributed by atoms with van der Waals surface area (Å²) in [6.07, 6.45) is 0. The molecule has 0 amide bonds. The van der Waals surface area contributed by atoms with Crippen LogP contribution in [0.4, 0.5) is 8.78 Å². The maximum atomic E-state index is 11.8. The van der Waals surface area contributed by atoms with E-state index >= 15 is 0 Å². The Balaban J connectivity index is 3.14. The lowest BCUT2D eigenvalue weighted by Gasteiger charge is -1.73. The van der Waals surface area contributed by atoms with Gasteiger partial charge in [-0.05, 0) is 0 Å². The second-order valence-electron chi connectivity index (χ2n) is 1.33. The van der Waals surface area contributed by atoms with Gasteiger partial charge in [-0.25, -0.2) is 0 Å². The fraction of sp³-hybridized carbons (Fsp3) is 0. The zero-order valence-corrected chi connectivity index (χ0v) is 3.95. The minimum absolute atomic E-state index is 0.000000000000000222. The van der Waals surface area contributed by atoms with E-state index in [1.807, 2.05) is 0 Å². The minimum Gasteiger partial charge on any atom is -0.434 e. The van der Waals surface area contributed by atoms with Crippen LogP contribution in [0.25, 0.3) is 0 Å². The standard InChI is InChI=1S/C5H3F2O/c1-3-2-4(6)5(7)8-3/h2H,1H2. The van der Waals surface area contributed by atoms with Gasteiger partial charge in [-0.3, -0.25) is 0 Å². The van der Waals surface area contributed by atoms with Gasteiger partial charge in [-0.15, -0.1) is 0 Å². The highest BCUT2D eigenvalue weighted by molar-refractivity contribution is 5.04. The smallest absolute Gasteiger partial charge is 0.314 e. The molecule has 0 aliphatic rings. The van der Waals surface area contributed by atoms with Crippen molar-refractivity contribution >= 4 is 0 Å². The molecule has 0 saturated carbocycles. The van der Waals surface area contributed by atoms with Gasteiger partial charge in [0.25, 0.3) is 0 Å². The minimum atomic E-state index is -1.20. The summed E-state index contributed by atoms with van der Waals surface area (Å²) in [5.74, 6) is -0.991. The molecule has 43 valence electrons. The summed E-state index contributed by atoms with van der Waals surface area (Å²) in [5.41, 5.74) is 0. The first kappa shape index (κ1) is 5.28. The first-order valence-electron chi connectivity index (χ1n) is 1.97. The summed E-state index contributed by atoms with van der Waals surface area (Å²) in [6, 6.07) is -0.315. The Morgan fingerprint density at radius 2 is 2.12 bits per heavy atom. The average Bonchev–Trinajstić information content (AvgIpc) is 1.85. The zero-order chi connectivity index (χ0) is 6.15. The Hall–Kier alpha value is -0.860. The Morgan fingerprint density at radius 1 is 1.50 bits per heavy atom. The fourth-order valence-electron chi connectivity index (χ4n) is 0.391. The van der Waals surface area contributed by atoms with Crippen LogP contribution in [0.15, 0.2) is 10.5 Å². The highest BCUT2D eigenvalue weighted by Crippen LogP contribution is 2.09. The van der Waals surface area contributed by atoms with E-state index in [2.05, 4.69) is 11.3 Å². The number of rotatable bonds is 0. The van der Waals surface area contributed by atoms with Crippen LogP contribution < -0.4 is 0 Å². The highest BCUT2D eigenvalue weighted by Gasteiger charge is 2.04. The zero-order valence-electron chi connectivity index (χ0n) is 3.95. The summed E-state index contributed by atoms with van der Waals surface area (Å²) < 4.78 is 27.6. The van der Waals surface area contributed by atoms with Gasteiger partial charge in [-0.2, -0.15) is 8.78 Å². The fourth-order valence-corrected chi connectivity index (χ4v) is 0.391. The summed E-state index contributed by atoms with van der Waals surface area (Å²) in [5, 5.41) is 0. The topological polar surface area (TPSA) is 13.1 Å². The third kappa shape index (κ3) is 0.710. The molecular formula is C5H3F2O. The van der Waals surface area contributed by atoms with Crippen molar-refractivity contribution in [3.63, 3.8) is 0 Å². The van der Waals surface area contributed by atoms with Gasteiger partial charge in [0, 0.05) is 13.0 Å². The molecule has 1 heterocycles. The van der Waals surface area contributed by atoms with E-state index in [0.717, 1.165) is 6.07 Å². The molecule has 1 rings (SSSR count). The van der Waals surface area contributed by atoms with E-state index in [1.165, 1.54) is 0 Å². The maximum absolute atomic E-state index is 11.8. The van der Waals surface area contributed by atoms with E-state index in [4.69, 9.17) is 0 Å². The molecule has 1 aromatic heterocycles. The van der Waals surface area contributed by atoms with Crippen LogP contribution in [-0.2, 0) is 0 Å². The van der Waals surface area contributed by atoms with Crippen molar-refractivity contribution in [2.24, 2.45) is 0 Å². The summed E-state index contributed by atoms with van der Waals surface area (Å²) in [6.45, 7) is 3.16. The van der Waals surface area contributed by atoms with Crippen molar-refractivity contribution < 1.29 is 13.2 Å². The van der Waals surface area contributed by atoms with E-state index < -0.39 is 11.8 Å². The van der Waals surface area contributed by atoms with Gasteiger partial charge >= 0.3 is 6.01 Å². The Morgan fingerprint density at radius 3 is 2.25 bits per heavy atom. The molecule has 8 heavy (non-hydrogen) atoms. The van der Waals surface area contributed by atoms with Crippen molar-refractivity contribution in [2.45, 2.75) is 0 Å². The highest BCUT2D eigenvalue weighted by atomic mass is 19.2. The lowest BCUT2D eigenvalue weighted by atomic mass is 10.5. The Bertz CT molecular complexity index is 173. The molecule has 0 aliphatic heterocycles.